The van der Waals surface area contributed by atoms with Gasteiger partial charge in [0.05, 0.1) is 4.92 Å². The average molecular weight is 470 g/mol. The number of likely N-dealkylation sites (N-methyl/N-ethyl adjacent to an activating group) is 1. The first-order valence-electron chi connectivity index (χ1n) is 10.6. The number of nitrogens with zero attached hydrogens (tertiary/aromatic N) is 3. The predicted molar refractivity (Wildman–Crippen MR) is 122 cm³/mol. The number of hydrogen-bond acceptors (Lipinski definition) is 8. The minimum absolute atomic E-state index is 0.118. The van der Waals surface area contributed by atoms with Gasteiger partial charge in [-0.25, -0.2) is 4.98 Å². The van der Waals surface area contributed by atoms with Crippen molar-refractivity contribution in [3.8, 4) is 0 Å². The number of carbonyl (C=O) groups excluding carboxylic acids is 3. The molecule has 0 bridgehead atoms. The van der Waals surface area contributed by atoms with Gasteiger partial charge in [-0.3, -0.25) is 24.5 Å². The minimum Gasteiger partial charge on any atom is -0.368 e. The second-order valence-corrected chi connectivity index (χ2v) is 7.84. The van der Waals surface area contributed by atoms with Crippen LogP contribution in [-0.2, 0) is 25.5 Å². The molecule has 180 valence electrons. The number of ether oxygens (including phenoxy) is 1. The Morgan fingerprint density at radius 1 is 1.09 bits per heavy atom. The van der Waals surface area contributed by atoms with Crippen molar-refractivity contribution >= 4 is 29.2 Å². The summed E-state index contributed by atoms with van der Waals surface area (Å²) in [6, 6.07) is 11.3. The largest absolute Gasteiger partial charge is 0.368 e. The zero-order valence-electron chi connectivity index (χ0n) is 18.8. The van der Waals surface area contributed by atoms with Crippen molar-refractivity contribution in [1.29, 1.82) is 0 Å². The van der Waals surface area contributed by atoms with Crippen molar-refractivity contribution in [1.82, 2.24) is 20.5 Å². The van der Waals surface area contributed by atoms with Crippen LogP contribution in [0.3, 0.4) is 0 Å². The number of aromatic nitrogens is 1. The van der Waals surface area contributed by atoms with E-state index >= 15 is 0 Å². The molecule has 2 heterocycles. The number of anilines is 1. The molecule has 0 saturated carbocycles. The molecule has 1 saturated heterocycles. The molecule has 0 radical (unpaired) electrons. The lowest BCUT2D eigenvalue weighted by Crippen LogP contribution is -2.49. The third kappa shape index (κ3) is 6.72. The second kappa shape index (κ2) is 11.2. The smallest absolute Gasteiger partial charge is 0.287 e. The van der Waals surface area contributed by atoms with Crippen LogP contribution in [0.1, 0.15) is 5.56 Å². The summed E-state index contributed by atoms with van der Waals surface area (Å²) < 4.78 is 5.24. The van der Waals surface area contributed by atoms with Crippen molar-refractivity contribution < 1.29 is 24.0 Å². The summed E-state index contributed by atoms with van der Waals surface area (Å²) in [5.74, 6) is -0.804. The van der Waals surface area contributed by atoms with E-state index in [1.807, 2.05) is 30.3 Å². The number of nitro groups is 1. The van der Waals surface area contributed by atoms with E-state index in [0.717, 1.165) is 11.8 Å². The van der Waals surface area contributed by atoms with E-state index in [2.05, 4.69) is 20.9 Å². The van der Waals surface area contributed by atoms with Crippen LogP contribution in [-0.4, -0.2) is 78.0 Å². The van der Waals surface area contributed by atoms with Crippen molar-refractivity contribution in [3.05, 3.63) is 64.3 Å². The van der Waals surface area contributed by atoms with Gasteiger partial charge >= 0.3 is 0 Å². The number of benzene rings is 1. The lowest BCUT2D eigenvalue weighted by Gasteiger charge is -2.21. The summed E-state index contributed by atoms with van der Waals surface area (Å²) in [6.45, 7) is 0.540. The first-order valence-corrected chi connectivity index (χ1v) is 10.6. The fraction of sp³-hybridized carbons (Fsp3) is 0.364. The van der Waals surface area contributed by atoms with Crippen molar-refractivity contribution in [2.45, 2.75) is 24.7 Å². The fourth-order valence-corrected chi connectivity index (χ4v) is 3.20. The highest BCUT2D eigenvalue weighted by Crippen LogP contribution is 2.23. The van der Waals surface area contributed by atoms with Crippen LogP contribution in [0.4, 0.5) is 11.5 Å². The van der Waals surface area contributed by atoms with E-state index in [1.54, 1.807) is 14.1 Å². The summed E-state index contributed by atoms with van der Waals surface area (Å²) in [5.41, 5.74) is 0.774. The van der Waals surface area contributed by atoms with Gasteiger partial charge in [0.2, 0.25) is 5.91 Å². The molecule has 2 unspecified atom stereocenters. The summed E-state index contributed by atoms with van der Waals surface area (Å²) >= 11 is 0. The summed E-state index contributed by atoms with van der Waals surface area (Å²) in [4.78, 5) is 52.8. The Morgan fingerprint density at radius 2 is 1.79 bits per heavy atom. The number of nitrogens with one attached hydrogen (secondary N) is 3. The van der Waals surface area contributed by atoms with Crippen molar-refractivity contribution in [3.63, 3.8) is 0 Å². The molecule has 34 heavy (non-hydrogen) atoms. The third-order valence-electron chi connectivity index (χ3n) is 5.04. The maximum atomic E-state index is 12.6. The Balaban J connectivity index is 1.43. The number of hydrogen-bond donors (Lipinski definition) is 3. The van der Waals surface area contributed by atoms with E-state index in [0.29, 0.717) is 18.8 Å². The quantitative estimate of drug-likeness (QED) is 0.180. The molecule has 0 aliphatic carbocycles. The van der Waals surface area contributed by atoms with Gasteiger partial charge < -0.3 is 25.6 Å². The van der Waals surface area contributed by atoms with Gasteiger partial charge in [-0.05, 0) is 11.6 Å². The Hall–Kier alpha value is -4.06. The molecule has 2 aromatic rings. The van der Waals surface area contributed by atoms with Crippen LogP contribution in [0.5, 0.6) is 0 Å². The topological polar surface area (TPSA) is 159 Å². The zero-order valence-corrected chi connectivity index (χ0v) is 18.8. The van der Waals surface area contributed by atoms with Crippen LogP contribution < -0.4 is 16.0 Å². The molecule has 12 nitrogen and oxygen atoms in total. The summed E-state index contributed by atoms with van der Waals surface area (Å²) in [7, 11) is 3.22. The monoisotopic (exact) mass is 470 g/mol. The molecule has 1 aliphatic heterocycles. The Kier molecular flexibility index (Phi) is 8.09. The van der Waals surface area contributed by atoms with Gasteiger partial charge in [-0.2, -0.15) is 0 Å². The molecule has 1 aromatic carbocycles. The predicted octanol–water partition coefficient (Wildman–Crippen LogP) is 0.101. The molecule has 1 fully saturated rings. The molecular formula is C22H26N6O6. The van der Waals surface area contributed by atoms with Crippen LogP contribution in [0.2, 0.25) is 0 Å². The van der Waals surface area contributed by atoms with E-state index in [9.17, 15) is 24.5 Å². The molecule has 3 N–H and O–H groups in total. The molecule has 1 aliphatic rings. The molecule has 3 rings (SSSR count). The Labute approximate surface area is 195 Å². The molecule has 3 atom stereocenters. The highest BCUT2D eigenvalue weighted by molar-refractivity contribution is 5.97. The van der Waals surface area contributed by atoms with Crippen molar-refractivity contribution in [2.24, 2.45) is 0 Å². The lowest BCUT2D eigenvalue weighted by molar-refractivity contribution is -0.385. The van der Waals surface area contributed by atoms with Gasteiger partial charge in [0.25, 0.3) is 17.5 Å². The van der Waals surface area contributed by atoms with Gasteiger partial charge in [0.15, 0.2) is 12.2 Å². The highest BCUT2D eigenvalue weighted by Gasteiger charge is 2.50. The van der Waals surface area contributed by atoms with Crippen LogP contribution in [0.25, 0.3) is 0 Å². The molecule has 12 heteroatoms. The maximum absolute atomic E-state index is 12.6. The Morgan fingerprint density at radius 3 is 2.41 bits per heavy atom. The summed E-state index contributed by atoms with van der Waals surface area (Å²) in [6.07, 6.45) is -0.439. The number of carbonyl (C=O) groups is 3. The summed E-state index contributed by atoms with van der Waals surface area (Å²) in [5, 5.41) is 18.9. The second-order valence-electron chi connectivity index (χ2n) is 7.84. The van der Waals surface area contributed by atoms with Crippen LogP contribution >= 0.6 is 0 Å². The van der Waals surface area contributed by atoms with E-state index in [-0.39, 0.29) is 18.1 Å². The molecule has 3 amide bonds. The molecule has 1 aromatic heterocycles. The number of amides is 3. The van der Waals surface area contributed by atoms with Crippen LogP contribution in [0.15, 0.2) is 48.7 Å². The van der Waals surface area contributed by atoms with E-state index in [1.165, 1.54) is 17.0 Å². The maximum Gasteiger partial charge on any atom is 0.287 e. The zero-order chi connectivity index (χ0) is 24.7. The van der Waals surface area contributed by atoms with Crippen molar-refractivity contribution in [2.75, 3.05) is 32.5 Å². The molecule has 0 spiro atoms. The van der Waals surface area contributed by atoms with E-state index in [4.69, 9.17) is 4.74 Å². The number of epoxide rings is 1. The SMILES string of the molecule is CN(C)C(=O)[C@H](Cc1ccccc1)NC(=O)C1OC1C(=O)NCCNc1ccc([N+](=O)[O-])cn1. The van der Waals surface area contributed by atoms with Crippen LogP contribution in [0, 0.1) is 10.1 Å². The number of pyridine rings is 1. The Bertz CT molecular complexity index is 1030. The normalized spacial score (nSPS) is 17.2. The van der Waals surface area contributed by atoms with E-state index < -0.39 is 35.0 Å². The third-order valence-corrected chi connectivity index (χ3v) is 5.04. The van der Waals surface area contributed by atoms with Gasteiger partial charge in [0, 0.05) is 39.7 Å². The minimum atomic E-state index is -0.961. The van der Waals surface area contributed by atoms with Gasteiger partial charge in [0.1, 0.15) is 18.1 Å². The standard InChI is InChI=1S/C22H26N6O6/c1-27(2)22(31)16(12-14-6-4-3-5-7-14)26-21(30)19-18(34-19)20(29)24-11-10-23-17-9-8-15(13-25-17)28(32)33/h3-9,13,16,18-19H,10-12H2,1-2H3,(H,23,25)(H,24,29)(H,26,30)/t16-,18?,19?/m0/s1. The number of rotatable bonds is 11. The molecular weight excluding hydrogens is 444 g/mol. The average Bonchev–Trinajstić information content (AvgIpc) is 3.63. The first kappa shape index (κ1) is 24.6. The first-order chi connectivity index (χ1) is 16.3. The fourth-order valence-electron chi connectivity index (χ4n) is 3.20. The van der Waals surface area contributed by atoms with Gasteiger partial charge in [-0.15, -0.1) is 0 Å². The lowest BCUT2D eigenvalue weighted by atomic mass is 10.0. The van der Waals surface area contributed by atoms with Gasteiger partial charge in [-0.1, -0.05) is 30.3 Å². The highest BCUT2D eigenvalue weighted by atomic mass is 16.6.